The van der Waals surface area contributed by atoms with Gasteiger partial charge in [-0.05, 0) is 37.1 Å². The van der Waals surface area contributed by atoms with Crippen molar-refractivity contribution in [2.75, 3.05) is 30.4 Å². The van der Waals surface area contributed by atoms with Crippen LogP contribution in [0, 0.1) is 6.92 Å². The van der Waals surface area contributed by atoms with E-state index in [1.54, 1.807) is 29.0 Å². The lowest BCUT2D eigenvalue weighted by atomic mass is 9.96. The molecule has 2 unspecified atom stereocenters. The molecular weight excluding hydrogens is 382 g/mol. The molecule has 0 saturated carbocycles. The number of hydrogen-bond donors (Lipinski definition) is 1. The number of benzene rings is 2. The molecule has 2 aromatic rings. The zero-order valence-electron chi connectivity index (χ0n) is 17.3. The Morgan fingerprint density at radius 2 is 1.97 bits per heavy atom. The highest BCUT2D eigenvalue weighted by molar-refractivity contribution is 6.06. The van der Waals surface area contributed by atoms with Crippen LogP contribution in [0.15, 0.2) is 42.5 Å². The normalized spacial score (nSPS) is 20.8. The average molecular weight is 407 g/mol. The largest absolute Gasteiger partial charge is 0.497 e. The minimum absolute atomic E-state index is 0.0152. The molecule has 3 amide bonds. The van der Waals surface area contributed by atoms with Gasteiger partial charge in [0.2, 0.25) is 17.7 Å². The van der Waals surface area contributed by atoms with Gasteiger partial charge in [0.05, 0.1) is 19.1 Å². The molecule has 30 heavy (non-hydrogen) atoms. The van der Waals surface area contributed by atoms with E-state index in [4.69, 9.17) is 4.74 Å². The Hall–Kier alpha value is -3.35. The van der Waals surface area contributed by atoms with Crippen LogP contribution in [-0.4, -0.2) is 48.9 Å². The molecule has 156 valence electrons. The summed E-state index contributed by atoms with van der Waals surface area (Å²) in [4.78, 5) is 41.7. The van der Waals surface area contributed by atoms with E-state index in [9.17, 15) is 14.4 Å². The first-order valence-corrected chi connectivity index (χ1v) is 10.0. The summed E-state index contributed by atoms with van der Waals surface area (Å²) in [6.07, 6.45) is 0.0372. The number of para-hydroxylation sites is 1. The van der Waals surface area contributed by atoms with Gasteiger partial charge in [-0.25, -0.2) is 0 Å². The molecular formula is C23H25N3O4. The Bertz CT molecular complexity index is 1020. The highest BCUT2D eigenvalue weighted by Crippen LogP contribution is 2.37. The number of piperazine rings is 1. The van der Waals surface area contributed by atoms with Crippen LogP contribution in [0.25, 0.3) is 0 Å². The Labute approximate surface area is 175 Å². The molecule has 1 N–H and O–H groups in total. The molecule has 0 aromatic heterocycles. The van der Waals surface area contributed by atoms with Crippen LogP contribution < -0.4 is 15.0 Å². The third-order valence-electron chi connectivity index (χ3n) is 5.84. The first-order valence-electron chi connectivity index (χ1n) is 10.0. The summed E-state index contributed by atoms with van der Waals surface area (Å²) < 4.78 is 5.20. The van der Waals surface area contributed by atoms with Gasteiger partial charge in [-0.3, -0.25) is 14.4 Å². The number of carbonyl (C=O) groups is 3. The van der Waals surface area contributed by atoms with Crippen molar-refractivity contribution in [3.8, 4) is 5.75 Å². The lowest BCUT2D eigenvalue weighted by molar-refractivity contribution is -0.138. The van der Waals surface area contributed by atoms with Gasteiger partial charge in [-0.1, -0.05) is 24.3 Å². The minimum atomic E-state index is -0.557. The second kappa shape index (κ2) is 7.82. The summed E-state index contributed by atoms with van der Waals surface area (Å²) in [7, 11) is 1.56. The van der Waals surface area contributed by atoms with Crippen molar-refractivity contribution < 1.29 is 19.1 Å². The molecule has 1 fully saturated rings. The van der Waals surface area contributed by atoms with E-state index in [1.807, 2.05) is 44.2 Å². The Kier molecular flexibility index (Phi) is 5.20. The molecule has 2 aromatic carbocycles. The standard InChI is InChI=1S/C23H25N3O4/c1-14-6-4-5-7-20(14)26-15(2)12-25(13-22(26)28)21(27)11-18-17-9-8-16(30-3)10-19(17)24-23(18)29/h4-10,15,18H,11-13H2,1-3H3,(H,24,29). The van der Waals surface area contributed by atoms with Crippen molar-refractivity contribution in [1.82, 2.24) is 4.90 Å². The molecule has 7 nitrogen and oxygen atoms in total. The second-order valence-corrected chi connectivity index (χ2v) is 7.87. The molecule has 0 aliphatic carbocycles. The molecule has 4 rings (SSSR count). The summed E-state index contributed by atoms with van der Waals surface area (Å²) >= 11 is 0. The van der Waals surface area contributed by atoms with Crippen molar-refractivity contribution in [2.45, 2.75) is 32.2 Å². The van der Waals surface area contributed by atoms with E-state index >= 15 is 0 Å². The molecule has 1 saturated heterocycles. The predicted octanol–water partition coefficient (Wildman–Crippen LogP) is 2.69. The molecule has 2 aliphatic heterocycles. The van der Waals surface area contributed by atoms with Gasteiger partial charge in [0.25, 0.3) is 0 Å². The smallest absolute Gasteiger partial charge is 0.246 e. The average Bonchev–Trinajstić information content (AvgIpc) is 3.03. The van der Waals surface area contributed by atoms with Crippen molar-refractivity contribution in [3.63, 3.8) is 0 Å². The summed E-state index contributed by atoms with van der Waals surface area (Å²) in [5.74, 6) is -0.420. The third kappa shape index (κ3) is 3.51. The van der Waals surface area contributed by atoms with Gasteiger partial charge in [0, 0.05) is 30.4 Å². The number of fused-ring (bicyclic) bond motifs is 1. The highest BCUT2D eigenvalue weighted by Gasteiger charge is 2.37. The van der Waals surface area contributed by atoms with Crippen LogP contribution in [0.1, 0.15) is 30.4 Å². The quantitative estimate of drug-likeness (QED) is 0.845. The van der Waals surface area contributed by atoms with Crippen LogP contribution in [0.4, 0.5) is 11.4 Å². The summed E-state index contributed by atoms with van der Waals surface area (Å²) in [5, 5.41) is 2.82. The first kappa shape index (κ1) is 19.9. The lowest BCUT2D eigenvalue weighted by Gasteiger charge is -2.40. The number of nitrogens with one attached hydrogen (secondary N) is 1. The minimum Gasteiger partial charge on any atom is -0.497 e. The number of rotatable bonds is 4. The Morgan fingerprint density at radius 1 is 1.20 bits per heavy atom. The second-order valence-electron chi connectivity index (χ2n) is 7.87. The van der Waals surface area contributed by atoms with Gasteiger partial charge >= 0.3 is 0 Å². The highest BCUT2D eigenvalue weighted by atomic mass is 16.5. The number of carbonyl (C=O) groups excluding carboxylic acids is 3. The van der Waals surface area contributed by atoms with E-state index in [1.165, 1.54) is 0 Å². The van der Waals surface area contributed by atoms with E-state index < -0.39 is 5.92 Å². The van der Waals surface area contributed by atoms with Crippen LogP contribution in [0.3, 0.4) is 0 Å². The number of ether oxygens (including phenoxy) is 1. The third-order valence-corrected chi connectivity index (χ3v) is 5.84. The SMILES string of the molecule is COc1ccc2c(c1)NC(=O)C2CC(=O)N1CC(=O)N(c2ccccc2C)C(C)C1. The molecule has 7 heteroatoms. The summed E-state index contributed by atoms with van der Waals surface area (Å²) in [6, 6.07) is 12.9. The van der Waals surface area contributed by atoms with Gasteiger partial charge in [-0.2, -0.15) is 0 Å². The van der Waals surface area contributed by atoms with E-state index in [2.05, 4.69) is 5.32 Å². The fourth-order valence-corrected chi connectivity index (χ4v) is 4.29. The summed E-state index contributed by atoms with van der Waals surface area (Å²) in [5.41, 5.74) is 3.35. The van der Waals surface area contributed by atoms with Crippen LogP contribution in [0.2, 0.25) is 0 Å². The fourth-order valence-electron chi connectivity index (χ4n) is 4.29. The maximum atomic E-state index is 13.0. The van der Waals surface area contributed by atoms with Gasteiger partial charge < -0.3 is 19.9 Å². The molecule has 0 bridgehead atoms. The number of amides is 3. The van der Waals surface area contributed by atoms with Gasteiger partial charge in [-0.15, -0.1) is 0 Å². The van der Waals surface area contributed by atoms with Crippen LogP contribution >= 0.6 is 0 Å². The lowest BCUT2D eigenvalue weighted by Crippen LogP contribution is -2.57. The topological polar surface area (TPSA) is 79.0 Å². The van der Waals surface area contributed by atoms with Crippen LogP contribution in [-0.2, 0) is 14.4 Å². The van der Waals surface area contributed by atoms with Gasteiger partial charge in [0.1, 0.15) is 12.3 Å². The maximum absolute atomic E-state index is 13.0. The molecule has 2 atom stereocenters. The number of nitrogens with zero attached hydrogens (tertiary/aromatic N) is 2. The number of methoxy groups -OCH3 is 1. The van der Waals surface area contributed by atoms with Crippen molar-refractivity contribution >= 4 is 29.1 Å². The Balaban J connectivity index is 1.48. The molecule has 2 aliphatic rings. The zero-order valence-corrected chi connectivity index (χ0v) is 17.3. The van der Waals surface area contributed by atoms with Crippen molar-refractivity contribution in [3.05, 3.63) is 53.6 Å². The molecule has 2 heterocycles. The predicted molar refractivity (Wildman–Crippen MR) is 114 cm³/mol. The summed E-state index contributed by atoms with van der Waals surface area (Å²) in [6.45, 7) is 4.36. The molecule has 0 spiro atoms. The van der Waals surface area contributed by atoms with E-state index in [0.717, 1.165) is 16.8 Å². The monoisotopic (exact) mass is 407 g/mol. The fraction of sp³-hybridized carbons (Fsp3) is 0.348. The zero-order chi connectivity index (χ0) is 21.4. The Morgan fingerprint density at radius 3 is 2.67 bits per heavy atom. The number of anilines is 2. The number of hydrogen-bond acceptors (Lipinski definition) is 4. The van der Waals surface area contributed by atoms with E-state index in [-0.39, 0.29) is 36.7 Å². The van der Waals surface area contributed by atoms with E-state index in [0.29, 0.717) is 18.0 Å². The first-order chi connectivity index (χ1) is 14.4. The van der Waals surface area contributed by atoms with Crippen LogP contribution in [0.5, 0.6) is 5.75 Å². The van der Waals surface area contributed by atoms with Gasteiger partial charge in [0.15, 0.2) is 0 Å². The maximum Gasteiger partial charge on any atom is 0.246 e. The number of aryl methyl sites for hydroxylation is 1. The van der Waals surface area contributed by atoms with Crippen molar-refractivity contribution in [2.24, 2.45) is 0 Å². The molecule has 0 radical (unpaired) electrons. The van der Waals surface area contributed by atoms with Crippen molar-refractivity contribution in [1.29, 1.82) is 0 Å².